The summed E-state index contributed by atoms with van der Waals surface area (Å²) >= 11 is 3.38. The lowest BCUT2D eigenvalue weighted by molar-refractivity contribution is 0.0978. The molecule has 0 spiro atoms. The lowest BCUT2D eigenvalue weighted by atomic mass is 9.88. The van der Waals surface area contributed by atoms with Crippen molar-refractivity contribution in [2.24, 2.45) is 0 Å². The summed E-state index contributed by atoms with van der Waals surface area (Å²) in [5, 5.41) is 9.40. The van der Waals surface area contributed by atoms with Gasteiger partial charge in [-0.25, -0.2) is 0 Å². The van der Waals surface area contributed by atoms with Crippen molar-refractivity contribution in [1.82, 2.24) is 0 Å². The van der Waals surface area contributed by atoms with Gasteiger partial charge in [0, 0.05) is 10.0 Å². The van der Waals surface area contributed by atoms with Crippen molar-refractivity contribution in [3.05, 3.63) is 69.2 Å². The Morgan fingerprint density at radius 2 is 1.85 bits per heavy atom. The summed E-state index contributed by atoms with van der Waals surface area (Å²) in [6.45, 7) is 3.80. The van der Waals surface area contributed by atoms with Crippen LogP contribution in [0, 0.1) is 25.2 Å². The van der Waals surface area contributed by atoms with Gasteiger partial charge in [0.15, 0.2) is 5.78 Å². The van der Waals surface area contributed by atoms with E-state index in [-0.39, 0.29) is 5.78 Å². The fourth-order valence-electron chi connectivity index (χ4n) is 2.24. The zero-order chi connectivity index (χ0) is 14.7. The third kappa shape index (κ3) is 2.81. The first-order chi connectivity index (χ1) is 9.54. The second-order valence-corrected chi connectivity index (χ2v) is 5.66. The number of halogens is 1. The maximum atomic E-state index is 12.6. The number of hydrogen-bond acceptors (Lipinski definition) is 2. The number of rotatable bonds is 3. The largest absolute Gasteiger partial charge is 0.292 e. The average molecular weight is 328 g/mol. The summed E-state index contributed by atoms with van der Waals surface area (Å²) in [4.78, 5) is 12.6. The average Bonchev–Trinajstić information content (AvgIpc) is 2.41. The normalized spacial score (nSPS) is 11.7. The summed E-state index contributed by atoms with van der Waals surface area (Å²) < 4.78 is 0.927. The van der Waals surface area contributed by atoms with Gasteiger partial charge in [-0.05, 0) is 48.7 Å². The van der Waals surface area contributed by atoms with Crippen molar-refractivity contribution in [3.8, 4) is 6.07 Å². The van der Waals surface area contributed by atoms with Crippen molar-refractivity contribution in [2.45, 2.75) is 19.8 Å². The summed E-state index contributed by atoms with van der Waals surface area (Å²) in [6.07, 6.45) is 0. The molecule has 2 rings (SSSR count). The lowest BCUT2D eigenvalue weighted by Gasteiger charge is -2.13. The van der Waals surface area contributed by atoms with Crippen LogP contribution in [0.2, 0.25) is 0 Å². The molecule has 0 amide bonds. The Labute approximate surface area is 127 Å². The minimum absolute atomic E-state index is 0.146. The van der Waals surface area contributed by atoms with Crippen LogP contribution in [-0.4, -0.2) is 5.78 Å². The van der Waals surface area contributed by atoms with Gasteiger partial charge in [0.1, 0.15) is 5.92 Å². The zero-order valence-electron chi connectivity index (χ0n) is 11.4. The molecule has 1 unspecified atom stereocenters. The topological polar surface area (TPSA) is 40.9 Å². The highest BCUT2D eigenvalue weighted by Crippen LogP contribution is 2.26. The zero-order valence-corrected chi connectivity index (χ0v) is 12.9. The van der Waals surface area contributed by atoms with Gasteiger partial charge in [-0.15, -0.1) is 0 Å². The number of ketones is 1. The van der Waals surface area contributed by atoms with Crippen LogP contribution in [0.4, 0.5) is 0 Å². The number of carbonyl (C=O) groups is 1. The molecule has 0 saturated heterocycles. The molecular formula is C17H14BrNO. The molecule has 2 aromatic carbocycles. The summed E-state index contributed by atoms with van der Waals surface area (Å²) in [5.74, 6) is -0.900. The molecule has 2 aromatic rings. The molecule has 0 bridgehead atoms. The second kappa shape index (κ2) is 6.02. The number of hydrogen-bond donors (Lipinski definition) is 0. The molecule has 0 aliphatic carbocycles. The molecule has 0 aliphatic rings. The highest BCUT2D eigenvalue weighted by Gasteiger charge is 2.24. The molecule has 0 heterocycles. The van der Waals surface area contributed by atoms with Gasteiger partial charge in [-0.3, -0.25) is 4.79 Å². The van der Waals surface area contributed by atoms with Crippen LogP contribution in [0.3, 0.4) is 0 Å². The van der Waals surface area contributed by atoms with E-state index in [1.165, 1.54) is 0 Å². The lowest BCUT2D eigenvalue weighted by Crippen LogP contribution is -2.13. The first-order valence-corrected chi connectivity index (χ1v) is 7.09. The fourth-order valence-corrected chi connectivity index (χ4v) is 2.71. The first kappa shape index (κ1) is 14.5. The van der Waals surface area contributed by atoms with Crippen molar-refractivity contribution < 1.29 is 4.79 Å². The number of nitrogens with zero attached hydrogens (tertiary/aromatic N) is 1. The number of benzene rings is 2. The maximum Gasteiger partial charge on any atom is 0.184 e. The van der Waals surface area contributed by atoms with E-state index in [1.807, 2.05) is 50.2 Å². The highest BCUT2D eigenvalue weighted by molar-refractivity contribution is 9.10. The first-order valence-electron chi connectivity index (χ1n) is 6.30. The van der Waals surface area contributed by atoms with Crippen LogP contribution in [0.5, 0.6) is 0 Å². The molecule has 3 heteroatoms. The van der Waals surface area contributed by atoms with Crippen molar-refractivity contribution in [2.75, 3.05) is 0 Å². The van der Waals surface area contributed by atoms with Gasteiger partial charge < -0.3 is 0 Å². The fraction of sp³-hybridized carbons (Fsp3) is 0.176. The molecular weight excluding hydrogens is 314 g/mol. The van der Waals surface area contributed by atoms with Crippen molar-refractivity contribution in [1.29, 1.82) is 5.26 Å². The van der Waals surface area contributed by atoms with E-state index in [4.69, 9.17) is 0 Å². The van der Waals surface area contributed by atoms with E-state index in [2.05, 4.69) is 22.0 Å². The third-order valence-corrected chi connectivity index (χ3v) is 3.84. The van der Waals surface area contributed by atoms with E-state index in [0.29, 0.717) is 5.56 Å². The van der Waals surface area contributed by atoms with E-state index >= 15 is 0 Å². The molecule has 100 valence electrons. The van der Waals surface area contributed by atoms with Gasteiger partial charge >= 0.3 is 0 Å². The van der Waals surface area contributed by atoms with Gasteiger partial charge in [0.25, 0.3) is 0 Å². The van der Waals surface area contributed by atoms with Crippen molar-refractivity contribution in [3.63, 3.8) is 0 Å². The van der Waals surface area contributed by atoms with Crippen LogP contribution in [-0.2, 0) is 0 Å². The Morgan fingerprint density at radius 1 is 1.15 bits per heavy atom. The van der Waals surface area contributed by atoms with Gasteiger partial charge in [-0.1, -0.05) is 40.2 Å². The molecule has 0 aromatic heterocycles. The minimum atomic E-state index is -0.754. The van der Waals surface area contributed by atoms with E-state index in [1.54, 1.807) is 6.07 Å². The van der Waals surface area contributed by atoms with Crippen LogP contribution < -0.4 is 0 Å². The Bertz CT molecular complexity index is 700. The van der Waals surface area contributed by atoms with Crippen LogP contribution in [0.25, 0.3) is 0 Å². The predicted octanol–water partition coefficient (Wildman–Crippen LogP) is 4.56. The van der Waals surface area contributed by atoms with Gasteiger partial charge in [0.2, 0.25) is 0 Å². The van der Waals surface area contributed by atoms with Gasteiger partial charge in [0.05, 0.1) is 6.07 Å². The predicted molar refractivity (Wildman–Crippen MR) is 82.7 cm³/mol. The van der Waals surface area contributed by atoms with Crippen LogP contribution in [0.1, 0.15) is 33.0 Å². The van der Waals surface area contributed by atoms with E-state index in [0.717, 1.165) is 21.2 Å². The van der Waals surface area contributed by atoms with Crippen LogP contribution in [0.15, 0.2) is 46.9 Å². The molecule has 2 nitrogen and oxygen atoms in total. The molecule has 0 saturated carbocycles. The number of aryl methyl sites for hydroxylation is 2. The number of nitriles is 1. The van der Waals surface area contributed by atoms with E-state index < -0.39 is 5.92 Å². The summed E-state index contributed by atoms with van der Waals surface area (Å²) in [6, 6.07) is 15.1. The smallest absolute Gasteiger partial charge is 0.184 e. The third-order valence-electron chi connectivity index (χ3n) is 3.34. The molecule has 0 aliphatic heterocycles. The molecule has 0 fully saturated rings. The standard InChI is InChI=1S/C17H14BrNO/c1-11-5-3-4-6-14(11)16(10-19)17(20)15-8-7-13(18)9-12(15)2/h3-9,16H,1-2H3. The number of Topliss-reactive ketones (excluding diaryl/α,β-unsaturated/α-hetero) is 1. The van der Waals surface area contributed by atoms with Gasteiger partial charge in [-0.2, -0.15) is 5.26 Å². The second-order valence-electron chi connectivity index (χ2n) is 4.74. The monoisotopic (exact) mass is 327 g/mol. The molecule has 20 heavy (non-hydrogen) atoms. The maximum absolute atomic E-state index is 12.6. The SMILES string of the molecule is Cc1cc(Br)ccc1C(=O)C(C#N)c1ccccc1C. The Morgan fingerprint density at radius 3 is 2.45 bits per heavy atom. The van der Waals surface area contributed by atoms with Crippen LogP contribution >= 0.6 is 15.9 Å². The molecule has 1 atom stereocenters. The van der Waals surface area contributed by atoms with Crippen molar-refractivity contribution >= 4 is 21.7 Å². The summed E-state index contributed by atoms with van der Waals surface area (Å²) in [5.41, 5.74) is 3.21. The highest BCUT2D eigenvalue weighted by atomic mass is 79.9. The number of carbonyl (C=O) groups excluding carboxylic acids is 1. The molecule has 0 radical (unpaired) electrons. The van der Waals surface area contributed by atoms with E-state index in [9.17, 15) is 10.1 Å². The Kier molecular flexibility index (Phi) is 4.36. The molecule has 0 N–H and O–H groups in total. The summed E-state index contributed by atoms with van der Waals surface area (Å²) in [7, 11) is 0. The Balaban J connectivity index is 2.45. The Hall–Kier alpha value is -1.92. The minimum Gasteiger partial charge on any atom is -0.292 e. The quantitative estimate of drug-likeness (QED) is 0.775.